The maximum absolute atomic E-state index is 2.53. The van der Waals surface area contributed by atoms with Crippen molar-refractivity contribution in [2.45, 2.75) is 78.2 Å². The molecule has 0 aliphatic rings. The molecule has 0 unspecified atom stereocenters. The summed E-state index contributed by atoms with van der Waals surface area (Å²) in [7, 11) is -0.689. The molecule has 0 saturated heterocycles. The minimum absolute atomic E-state index is 0.689. The van der Waals surface area contributed by atoms with Crippen LogP contribution in [0, 0.1) is 0 Å². The molecule has 0 rings (SSSR count). The molecule has 0 aromatic carbocycles. The highest BCUT2D eigenvalue weighted by Crippen LogP contribution is 2.10. The minimum Gasteiger partial charge on any atom is -0.0974 e. The van der Waals surface area contributed by atoms with Crippen molar-refractivity contribution in [2.24, 2.45) is 0 Å². The van der Waals surface area contributed by atoms with Crippen molar-refractivity contribution >= 4 is 8.80 Å². The van der Waals surface area contributed by atoms with E-state index in [2.05, 4.69) is 44.3 Å². The van der Waals surface area contributed by atoms with Crippen LogP contribution < -0.4 is 0 Å². The van der Waals surface area contributed by atoms with Crippen LogP contribution in [0.5, 0.6) is 0 Å². The average molecular weight is 253 g/mol. The first-order chi connectivity index (χ1) is 8.35. The molecule has 100 valence electrons. The van der Waals surface area contributed by atoms with Crippen LogP contribution >= 0.6 is 0 Å². The van der Waals surface area contributed by atoms with Crippen molar-refractivity contribution in [3.8, 4) is 0 Å². The van der Waals surface area contributed by atoms with Gasteiger partial charge in [-0.1, -0.05) is 88.9 Å². The monoisotopic (exact) mass is 252 g/mol. The molecular weight excluding hydrogens is 220 g/mol. The quantitative estimate of drug-likeness (QED) is 0.332. The van der Waals surface area contributed by atoms with Crippen molar-refractivity contribution < 1.29 is 0 Å². The molecule has 0 aliphatic heterocycles. The molecule has 0 saturated carbocycles. The van der Waals surface area contributed by atoms with Crippen LogP contribution in [0.2, 0.25) is 6.04 Å². The molecule has 17 heavy (non-hydrogen) atoms. The smallest absolute Gasteiger partial charge is 0.0844 e. The number of hydrogen-bond donors (Lipinski definition) is 0. The van der Waals surface area contributed by atoms with Gasteiger partial charge in [0.05, 0.1) is 8.80 Å². The molecular formula is C16H32Si. The van der Waals surface area contributed by atoms with E-state index in [0.29, 0.717) is 0 Å². The Labute approximate surface area is 111 Å². The fraction of sp³-hybridized carbons (Fsp3) is 0.750. The predicted molar refractivity (Wildman–Crippen MR) is 84.2 cm³/mol. The second-order valence-electron chi connectivity index (χ2n) is 4.89. The van der Waals surface area contributed by atoms with E-state index < -0.39 is 8.80 Å². The predicted octanol–water partition coefficient (Wildman–Crippen LogP) is 5.58. The lowest BCUT2D eigenvalue weighted by Gasteiger charge is -2.06. The molecule has 0 heterocycles. The largest absolute Gasteiger partial charge is 0.0974 e. The van der Waals surface area contributed by atoms with E-state index in [1.54, 1.807) is 0 Å². The molecule has 0 aromatic heterocycles. The summed E-state index contributed by atoms with van der Waals surface area (Å²) in [4.78, 5) is 0. The van der Waals surface area contributed by atoms with Crippen LogP contribution in [-0.4, -0.2) is 8.80 Å². The van der Waals surface area contributed by atoms with Gasteiger partial charge >= 0.3 is 0 Å². The lowest BCUT2D eigenvalue weighted by atomic mass is 10.1. The zero-order chi connectivity index (χ0) is 12.8. The SMILES string of the molecule is CC/C=C/[SiH](/C=C/CC)CCCCCCCC. The van der Waals surface area contributed by atoms with Gasteiger partial charge in [-0.25, -0.2) is 0 Å². The van der Waals surface area contributed by atoms with Crippen molar-refractivity contribution in [1.82, 2.24) is 0 Å². The summed E-state index contributed by atoms with van der Waals surface area (Å²) in [6.07, 6.45) is 15.7. The normalized spacial score (nSPS) is 12.2. The van der Waals surface area contributed by atoms with Crippen molar-refractivity contribution in [3.63, 3.8) is 0 Å². The number of unbranched alkanes of at least 4 members (excludes halogenated alkanes) is 5. The van der Waals surface area contributed by atoms with E-state index in [1.165, 1.54) is 57.4 Å². The molecule has 0 amide bonds. The molecule has 0 nitrogen and oxygen atoms in total. The van der Waals surface area contributed by atoms with Crippen molar-refractivity contribution in [2.75, 3.05) is 0 Å². The standard InChI is InChI=1S/C16H32Si/c1-4-7-10-11-12-13-16-17(14-8-5-2)15-9-6-3/h8-9,14-15,17H,4-7,10-13,16H2,1-3H3/b14-8+,15-9+. The molecule has 0 radical (unpaired) electrons. The van der Waals surface area contributed by atoms with Gasteiger partial charge in [0, 0.05) is 0 Å². The highest BCUT2D eigenvalue weighted by atomic mass is 28.3. The van der Waals surface area contributed by atoms with Gasteiger partial charge < -0.3 is 0 Å². The summed E-state index contributed by atoms with van der Waals surface area (Å²) in [5, 5.41) is 0. The Hall–Kier alpha value is -0.303. The fourth-order valence-electron chi connectivity index (χ4n) is 2.04. The van der Waals surface area contributed by atoms with E-state index in [1.807, 2.05) is 0 Å². The van der Waals surface area contributed by atoms with Crippen LogP contribution in [0.1, 0.15) is 72.1 Å². The van der Waals surface area contributed by atoms with Crippen LogP contribution in [0.3, 0.4) is 0 Å². The Morgan fingerprint density at radius 2 is 1.24 bits per heavy atom. The van der Waals surface area contributed by atoms with E-state index in [0.717, 1.165) is 0 Å². The number of allylic oxidation sites excluding steroid dienone is 2. The van der Waals surface area contributed by atoms with Gasteiger partial charge in [0.1, 0.15) is 0 Å². The zero-order valence-corrected chi connectivity index (χ0v) is 13.4. The maximum Gasteiger partial charge on any atom is 0.0844 e. The first kappa shape index (κ1) is 16.7. The average Bonchev–Trinajstić information content (AvgIpc) is 2.35. The van der Waals surface area contributed by atoms with E-state index in [4.69, 9.17) is 0 Å². The van der Waals surface area contributed by atoms with E-state index in [-0.39, 0.29) is 0 Å². The molecule has 0 atom stereocenters. The van der Waals surface area contributed by atoms with Crippen molar-refractivity contribution in [1.29, 1.82) is 0 Å². The van der Waals surface area contributed by atoms with Gasteiger partial charge in [-0.15, -0.1) is 0 Å². The zero-order valence-electron chi connectivity index (χ0n) is 12.3. The maximum atomic E-state index is 2.53. The summed E-state index contributed by atoms with van der Waals surface area (Å²) in [5.74, 6) is 0. The molecule has 0 spiro atoms. The van der Waals surface area contributed by atoms with Gasteiger partial charge in [0.2, 0.25) is 0 Å². The molecule has 0 aliphatic carbocycles. The van der Waals surface area contributed by atoms with Crippen molar-refractivity contribution in [3.05, 3.63) is 23.6 Å². The Bertz CT molecular complexity index is 180. The lowest BCUT2D eigenvalue weighted by Crippen LogP contribution is -2.05. The third-order valence-corrected chi connectivity index (χ3v) is 5.74. The highest BCUT2D eigenvalue weighted by Gasteiger charge is 2.01. The van der Waals surface area contributed by atoms with Gasteiger partial charge in [0.25, 0.3) is 0 Å². The van der Waals surface area contributed by atoms with Crippen LogP contribution in [-0.2, 0) is 0 Å². The first-order valence-corrected chi connectivity index (χ1v) is 9.83. The summed E-state index contributed by atoms with van der Waals surface area (Å²) < 4.78 is 0. The Kier molecular flexibility index (Phi) is 13.5. The number of hydrogen-bond acceptors (Lipinski definition) is 0. The Morgan fingerprint density at radius 1 is 0.706 bits per heavy atom. The van der Waals surface area contributed by atoms with Crippen LogP contribution in [0.4, 0.5) is 0 Å². The minimum atomic E-state index is -0.689. The summed E-state index contributed by atoms with van der Waals surface area (Å²) in [6, 6.07) is 1.47. The van der Waals surface area contributed by atoms with Crippen LogP contribution in [0.15, 0.2) is 23.6 Å². The van der Waals surface area contributed by atoms with Crippen LogP contribution in [0.25, 0.3) is 0 Å². The molecule has 0 fully saturated rings. The molecule has 1 heteroatoms. The Morgan fingerprint density at radius 3 is 1.76 bits per heavy atom. The van der Waals surface area contributed by atoms with Gasteiger partial charge in [0.15, 0.2) is 0 Å². The number of rotatable bonds is 11. The molecule has 0 aromatic rings. The summed E-state index contributed by atoms with van der Waals surface area (Å²) >= 11 is 0. The summed E-state index contributed by atoms with van der Waals surface area (Å²) in [6.45, 7) is 6.75. The third kappa shape index (κ3) is 12.0. The molecule has 0 N–H and O–H groups in total. The fourth-order valence-corrected chi connectivity index (χ4v) is 4.56. The summed E-state index contributed by atoms with van der Waals surface area (Å²) in [5.41, 5.74) is 5.05. The lowest BCUT2D eigenvalue weighted by molar-refractivity contribution is 0.623. The Balaban J connectivity index is 3.68. The second-order valence-corrected chi connectivity index (χ2v) is 7.57. The second kappa shape index (κ2) is 13.8. The first-order valence-electron chi connectivity index (χ1n) is 7.68. The van der Waals surface area contributed by atoms with Gasteiger partial charge in [-0.05, 0) is 12.8 Å². The van der Waals surface area contributed by atoms with E-state index >= 15 is 0 Å². The third-order valence-electron chi connectivity index (χ3n) is 3.13. The topological polar surface area (TPSA) is 0 Å². The van der Waals surface area contributed by atoms with E-state index in [9.17, 15) is 0 Å². The van der Waals surface area contributed by atoms with Gasteiger partial charge in [-0.3, -0.25) is 0 Å². The highest BCUT2D eigenvalue weighted by molar-refractivity contribution is 6.69. The van der Waals surface area contributed by atoms with Gasteiger partial charge in [-0.2, -0.15) is 0 Å². The molecule has 0 bridgehead atoms.